The number of hydrogen-bond donors (Lipinski definition) is 2. The molecule has 18 heavy (non-hydrogen) atoms. The Morgan fingerprint density at radius 2 is 2.00 bits per heavy atom. The second kappa shape index (κ2) is 7.46. The molecule has 0 aromatic rings. The molecule has 0 aromatic carbocycles. The van der Waals surface area contributed by atoms with Gasteiger partial charge in [0.1, 0.15) is 0 Å². The Morgan fingerprint density at radius 3 is 2.44 bits per heavy atom. The highest BCUT2D eigenvalue weighted by molar-refractivity contribution is 4.83. The van der Waals surface area contributed by atoms with E-state index in [1.807, 2.05) is 0 Å². The van der Waals surface area contributed by atoms with Crippen LogP contribution in [-0.2, 0) is 0 Å². The van der Waals surface area contributed by atoms with Gasteiger partial charge in [-0.3, -0.25) is 4.90 Å². The molecule has 0 spiro atoms. The van der Waals surface area contributed by atoms with Gasteiger partial charge >= 0.3 is 0 Å². The molecule has 3 heteroatoms. The first-order valence-corrected chi connectivity index (χ1v) is 7.68. The minimum absolute atomic E-state index is 0.508. The Morgan fingerprint density at radius 1 is 1.33 bits per heavy atom. The van der Waals surface area contributed by atoms with E-state index in [-0.39, 0.29) is 0 Å². The summed E-state index contributed by atoms with van der Waals surface area (Å²) in [5.74, 6) is 0.749. The summed E-state index contributed by atoms with van der Waals surface area (Å²) in [4.78, 5) is 2.46. The summed E-state index contributed by atoms with van der Waals surface area (Å²) in [6, 6.07) is 0.511. The zero-order valence-corrected chi connectivity index (χ0v) is 12.7. The van der Waals surface area contributed by atoms with Crippen molar-refractivity contribution >= 4 is 0 Å². The van der Waals surface area contributed by atoms with Crippen LogP contribution in [0.5, 0.6) is 0 Å². The van der Waals surface area contributed by atoms with Crippen LogP contribution in [0.2, 0.25) is 0 Å². The SMILES string of the molecule is CCC(O)(CC)CN(CC1CCCNC1)C(C)C. The zero-order chi connectivity index (χ0) is 13.6. The van der Waals surface area contributed by atoms with Crippen LogP contribution < -0.4 is 5.32 Å². The Bertz CT molecular complexity index is 221. The summed E-state index contributed by atoms with van der Waals surface area (Å²) in [5, 5.41) is 14.0. The van der Waals surface area contributed by atoms with Crippen molar-refractivity contribution in [3.63, 3.8) is 0 Å². The molecule has 2 N–H and O–H groups in total. The third-order valence-corrected chi connectivity index (χ3v) is 4.44. The Labute approximate surface area is 113 Å². The lowest BCUT2D eigenvalue weighted by Crippen LogP contribution is -2.48. The van der Waals surface area contributed by atoms with E-state index in [1.54, 1.807) is 0 Å². The van der Waals surface area contributed by atoms with E-state index in [4.69, 9.17) is 0 Å². The molecular weight excluding hydrogens is 224 g/mol. The number of nitrogens with zero attached hydrogens (tertiary/aromatic N) is 1. The second-order valence-electron chi connectivity index (χ2n) is 6.17. The number of aliphatic hydroxyl groups is 1. The van der Waals surface area contributed by atoms with Gasteiger partial charge in [-0.25, -0.2) is 0 Å². The lowest BCUT2D eigenvalue weighted by Gasteiger charge is -2.38. The summed E-state index contributed by atoms with van der Waals surface area (Å²) in [5.41, 5.74) is -0.508. The minimum Gasteiger partial charge on any atom is -0.389 e. The van der Waals surface area contributed by atoms with E-state index < -0.39 is 5.60 Å². The fourth-order valence-electron chi connectivity index (χ4n) is 2.72. The van der Waals surface area contributed by atoms with E-state index >= 15 is 0 Å². The van der Waals surface area contributed by atoms with Gasteiger partial charge in [0.15, 0.2) is 0 Å². The molecule has 108 valence electrons. The highest BCUT2D eigenvalue weighted by atomic mass is 16.3. The molecule has 1 unspecified atom stereocenters. The van der Waals surface area contributed by atoms with Gasteiger partial charge in [0, 0.05) is 19.1 Å². The maximum absolute atomic E-state index is 10.5. The maximum Gasteiger partial charge on any atom is 0.0769 e. The average molecular weight is 256 g/mol. The van der Waals surface area contributed by atoms with Crippen molar-refractivity contribution in [3.05, 3.63) is 0 Å². The number of rotatable bonds is 7. The molecule has 0 aromatic heterocycles. The largest absolute Gasteiger partial charge is 0.389 e. The lowest BCUT2D eigenvalue weighted by molar-refractivity contribution is -0.0165. The first kappa shape index (κ1) is 15.9. The standard InChI is InChI=1S/C15H32N2O/c1-5-15(18,6-2)12-17(13(3)4)11-14-8-7-9-16-10-14/h13-14,16,18H,5-12H2,1-4H3. The van der Waals surface area contributed by atoms with Gasteiger partial charge in [0.2, 0.25) is 0 Å². The van der Waals surface area contributed by atoms with Crippen molar-refractivity contribution in [1.82, 2.24) is 10.2 Å². The Balaban J connectivity index is 2.53. The van der Waals surface area contributed by atoms with Crippen LogP contribution in [0.4, 0.5) is 0 Å². The van der Waals surface area contributed by atoms with Crippen molar-refractivity contribution in [3.8, 4) is 0 Å². The van der Waals surface area contributed by atoms with Crippen molar-refractivity contribution < 1.29 is 5.11 Å². The predicted molar refractivity (Wildman–Crippen MR) is 77.8 cm³/mol. The van der Waals surface area contributed by atoms with Crippen molar-refractivity contribution in [2.45, 2.75) is 65.0 Å². The van der Waals surface area contributed by atoms with Crippen LogP contribution >= 0.6 is 0 Å². The normalized spacial score (nSPS) is 21.8. The lowest BCUT2D eigenvalue weighted by atomic mass is 9.94. The van der Waals surface area contributed by atoms with Gasteiger partial charge in [0.25, 0.3) is 0 Å². The van der Waals surface area contributed by atoms with Gasteiger partial charge in [-0.1, -0.05) is 13.8 Å². The Hall–Kier alpha value is -0.120. The molecule has 0 amide bonds. The molecule has 0 radical (unpaired) electrons. The summed E-state index contributed by atoms with van der Waals surface area (Å²) < 4.78 is 0. The number of piperidine rings is 1. The van der Waals surface area contributed by atoms with Crippen molar-refractivity contribution in [1.29, 1.82) is 0 Å². The zero-order valence-electron chi connectivity index (χ0n) is 12.7. The van der Waals surface area contributed by atoms with Crippen LogP contribution in [0.3, 0.4) is 0 Å². The number of nitrogens with one attached hydrogen (secondary N) is 1. The minimum atomic E-state index is -0.508. The van der Waals surface area contributed by atoms with Crippen LogP contribution in [0, 0.1) is 5.92 Å². The van der Waals surface area contributed by atoms with Crippen LogP contribution in [0.15, 0.2) is 0 Å². The van der Waals surface area contributed by atoms with E-state index in [1.165, 1.54) is 19.4 Å². The molecule has 1 heterocycles. The van der Waals surface area contributed by atoms with Gasteiger partial charge in [-0.15, -0.1) is 0 Å². The van der Waals surface area contributed by atoms with E-state index in [0.29, 0.717) is 6.04 Å². The van der Waals surface area contributed by atoms with Crippen LogP contribution in [0.1, 0.15) is 53.4 Å². The fraction of sp³-hybridized carbons (Fsp3) is 1.00. The second-order valence-corrected chi connectivity index (χ2v) is 6.17. The summed E-state index contributed by atoms with van der Waals surface area (Å²) in [6.07, 6.45) is 4.31. The topological polar surface area (TPSA) is 35.5 Å². The van der Waals surface area contributed by atoms with Gasteiger partial charge in [-0.05, 0) is 58.5 Å². The van der Waals surface area contributed by atoms with Crippen LogP contribution in [0.25, 0.3) is 0 Å². The summed E-state index contributed by atoms with van der Waals surface area (Å²) >= 11 is 0. The first-order valence-electron chi connectivity index (χ1n) is 7.68. The van der Waals surface area contributed by atoms with E-state index in [9.17, 15) is 5.11 Å². The maximum atomic E-state index is 10.5. The average Bonchev–Trinajstić information content (AvgIpc) is 2.39. The monoisotopic (exact) mass is 256 g/mol. The molecule has 1 aliphatic rings. The molecule has 1 saturated heterocycles. The molecule has 1 atom stereocenters. The number of hydrogen-bond acceptors (Lipinski definition) is 3. The molecular formula is C15H32N2O. The fourth-order valence-corrected chi connectivity index (χ4v) is 2.72. The van der Waals surface area contributed by atoms with E-state index in [2.05, 4.69) is 37.9 Å². The highest BCUT2D eigenvalue weighted by Crippen LogP contribution is 2.20. The van der Waals surface area contributed by atoms with E-state index in [0.717, 1.165) is 38.4 Å². The van der Waals surface area contributed by atoms with Gasteiger partial charge < -0.3 is 10.4 Å². The third kappa shape index (κ3) is 4.87. The Kier molecular flexibility index (Phi) is 6.61. The van der Waals surface area contributed by atoms with Gasteiger partial charge in [0.05, 0.1) is 5.60 Å². The molecule has 0 aliphatic carbocycles. The van der Waals surface area contributed by atoms with Crippen LogP contribution in [-0.4, -0.2) is 47.8 Å². The molecule has 0 saturated carbocycles. The summed E-state index contributed by atoms with van der Waals surface area (Å²) in [6.45, 7) is 12.9. The smallest absolute Gasteiger partial charge is 0.0769 e. The highest BCUT2D eigenvalue weighted by Gasteiger charge is 2.28. The molecule has 0 bridgehead atoms. The quantitative estimate of drug-likeness (QED) is 0.733. The predicted octanol–water partition coefficient (Wildman–Crippen LogP) is 2.25. The van der Waals surface area contributed by atoms with Crippen molar-refractivity contribution in [2.24, 2.45) is 5.92 Å². The molecule has 3 nitrogen and oxygen atoms in total. The summed E-state index contributed by atoms with van der Waals surface area (Å²) in [7, 11) is 0. The third-order valence-electron chi connectivity index (χ3n) is 4.44. The first-order chi connectivity index (χ1) is 8.50. The van der Waals surface area contributed by atoms with Crippen molar-refractivity contribution in [2.75, 3.05) is 26.2 Å². The molecule has 1 rings (SSSR count). The van der Waals surface area contributed by atoms with Gasteiger partial charge in [-0.2, -0.15) is 0 Å². The molecule has 1 fully saturated rings. The molecule has 1 aliphatic heterocycles.